The highest BCUT2D eigenvalue weighted by atomic mass is 19.4. The third-order valence-corrected chi connectivity index (χ3v) is 3.41. The Hall–Kier alpha value is -2.56. The summed E-state index contributed by atoms with van der Waals surface area (Å²) in [6.45, 7) is 1.78. The normalized spacial score (nSPS) is 11.8. The van der Waals surface area contributed by atoms with Crippen LogP contribution in [0.3, 0.4) is 0 Å². The van der Waals surface area contributed by atoms with Crippen molar-refractivity contribution in [2.24, 2.45) is 0 Å². The van der Waals surface area contributed by atoms with Crippen LogP contribution in [0.4, 0.5) is 13.2 Å². The van der Waals surface area contributed by atoms with Gasteiger partial charge in [-0.15, -0.1) is 0 Å². The van der Waals surface area contributed by atoms with Gasteiger partial charge in [0.05, 0.1) is 0 Å². The predicted octanol–water partition coefficient (Wildman–Crippen LogP) is 4.79. The first-order valence-electron chi connectivity index (χ1n) is 6.58. The summed E-state index contributed by atoms with van der Waals surface area (Å²) < 4.78 is 44.9. The Morgan fingerprint density at radius 3 is 2.32 bits per heavy atom. The van der Waals surface area contributed by atoms with E-state index in [1.54, 1.807) is 55.5 Å². The topological polar surface area (TPSA) is 30.2 Å². The lowest BCUT2D eigenvalue weighted by molar-refractivity contribution is -0.139. The van der Waals surface area contributed by atoms with E-state index in [2.05, 4.69) is 0 Å². The minimum atomic E-state index is -4.79. The van der Waals surface area contributed by atoms with Gasteiger partial charge in [-0.1, -0.05) is 42.5 Å². The first-order valence-corrected chi connectivity index (χ1v) is 6.58. The number of hydrogen-bond acceptors (Lipinski definition) is 2. The summed E-state index contributed by atoms with van der Waals surface area (Å²) in [5, 5.41) is 0.267. The van der Waals surface area contributed by atoms with Crippen molar-refractivity contribution in [1.29, 1.82) is 0 Å². The van der Waals surface area contributed by atoms with E-state index in [0.29, 0.717) is 5.56 Å². The lowest BCUT2D eigenvalue weighted by Gasteiger charge is -2.14. The van der Waals surface area contributed by atoms with E-state index in [9.17, 15) is 18.0 Å². The van der Waals surface area contributed by atoms with Crippen LogP contribution in [0, 0.1) is 6.92 Å². The number of aryl methyl sites for hydroxylation is 1. The van der Waals surface area contributed by atoms with Gasteiger partial charge in [0, 0.05) is 10.9 Å². The largest absolute Gasteiger partial charge is 0.424 e. The van der Waals surface area contributed by atoms with E-state index in [1.807, 2.05) is 0 Å². The molecule has 0 bridgehead atoms. The maximum atomic E-state index is 13.3. The van der Waals surface area contributed by atoms with Crippen LogP contribution in [0.15, 0.2) is 57.7 Å². The zero-order valence-electron chi connectivity index (χ0n) is 11.6. The highest BCUT2D eigenvalue weighted by Crippen LogP contribution is 2.39. The maximum Gasteiger partial charge on any atom is 0.424 e. The molecule has 0 spiro atoms. The number of alkyl halides is 3. The first kappa shape index (κ1) is 14.4. The van der Waals surface area contributed by atoms with Crippen molar-refractivity contribution in [1.82, 2.24) is 0 Å². The lowest BCUT2D eigenvalue weighted by atomic mass is 9.96. The van der Waals surface area contributed by atoms with Gasteiger partial charge in [-0.05, 0) is 24.1 Å². The first-order chi connectivity index (χ1) is 10.4. The van der Waals surface area contributed by atoms with Gasteiger partial charge in [0.25, 0.3) is 0 Å². The molecule has 1 heterocycles. The summed E-state index contributed by atoms with van der Waals surface area (Å²) in [5.41, 5.74) is -1.50. The number of fused-ring (bicyclic) bond motifs is 1. The molecule has 5 heteroatoms. The second-order valence-electron chi connectivity index (χ2n) is 5.00. The molecule has 0 aliphatic heterocycles. The molecule has 0 amide bonds. The molecule has 0 fully saturated rings. The highest BCUT2D eigenvalue weighted by Gasteiger charge is 2.39. The quantitative estimate of drug-likeness (QED) is 0.605. The molecule has 2 nitrogen and oxygen atoms in total. The van der Waals surface area contributed by atoms with Crippen LogP contribution >= 0.6 is 0 Å². The zero-order chi connectivity index (χ0) is 15.9. The minimum absolute atomic E-state index is 0.139. The van der Waals surface area contributed by atoms with E-state index in [-0.39, 0.29) is 16.5 Å². The third-order valence-electron chi connectivity index (χ3n) is 3.41. The molecule has 0 saturated carbocycles. The molecule has 0 aliphatic carbocycles. The average molecular weight is 304 g/mol. The molecule has 1 aromatic heterocycles. The molecule has 3 aromatic rings. The van der Waals surface area contributed by atoms with Crippen molar-refractivity contribution in [2.75, 3.05) is 0 Å². The maximum absolute atomic E-state index is 13.3. The molecule has 0 unspecified atom stereocenters. The number of rotatable bonds is 1. The number of benzene rings is 2. The molecule has 112 valence electrons. The van der Waals surface area contributed by atoms with E-state index < -0.39 is 17.4 Å². The third kappa shape index (κ3) is 2.39. The van der Waals surface area contributed by atoms with Crippen LogP contribution in [-0.2, 0) is 6.18 Å². The Morgan fingerprint density at radius 2 is 1.68 bits per heavy atom. The molecule has 2 aromatic carbocycles. The van der Waals surface area contributed by atoms with Gasteiger partial charge in [0.1, 0.15) is 11.1 Å². The van der Waals surface area contributed by atoms with Crippen molar-refractivity contribution in [3.8, 4) is 11.1 Å². The summed E-state index contributed by atoms with van der Waals surface area (Å²) in [5.74, 6) is 0. The summed E-state index contributed by atoms with van der Waals surface area (Å²) in [4.78, 5) is 11.9. The van der Waals surface area contributed by atoms with Crippen LogP contribution in [0.25, 0.3) is 22.1 Å². The van der Waals surface area contributed by atoms with E-state index >= 15 is 0 Å². The van der Waals surface area contributed by atoms with Gasteiger partial charge in [-0.2, -0.15) is 13.2 Å². The van der Waals surface area contributed by atoms with E-state index in [1.165, 1.54) is 0 Å². The van der Waals surface area contributed by atoms with Crippen LogP contribution in [0.5, 0.6) is 0 Å². The van der Waals surface area contributed by atoms with Crippen molar-refractivity contribution < 1.29 is 17.6 Å². The standard InChI is InChI=1S/C17H11F3O2/c1-10-7-8-12-13(9-10)22-16(21)15(17(18,19)20)14(12)11-5-3-2-4-6-11/h2-9H,1H3. The predicted molar refractivity (Wildman–Crippen MR) is 77.7 cm³/mol. The van der Waals surface area contributed by atoms with Gasteiger partial charge in [0.15, 0.2) is 0 Å². The van der Waals surface area contributed by atoms with Gasteiger partial charge in [-0.25, -0.2) is 4.79 Å². The molecule has 0 saturated heterocycles. The Balaban J connectivity index is 2.52. The average Bonchev–Trinajstić information content (AvgIpc) is 2.45. The molecular weight excluding hydrogens is 293 g/mol. The van der Waals surface area contributed by atoms with Crippen molar-refractivity contribution in [3.63, 3.8) is 0 Å². The summed E-state index contributed by atoms with van der Waals surface area (Å²) >= 11 is 0. The Morgan fingerprint density at radius 1 is 1.00 bits per heavy atom. The Kier molecular flexibility index (Phi) is 3.28. The number of hydrogen-bond donors (Lipinski definition) is 0. The van der Waals surface area contributed by atoms with Gasteiger partial charge >= 0.3 is 11.8 Å². The van der Waals surface area contributed by atoms with Crippen LogP contribution in [0.2, 0.25) is 0 Å². The van der Waals surface area contributed by atoms with Gasteiger partial charge in [-0.3, -0.25) is 0 Å². The number of halogens is 3. The second-order valence-corrected chi connectivity index (χ2v) is 5.00. The smallest absolute Gasteiger partial charge is 0.422 e. The molecule has 3 rings (SSSR count). The molecular formula is C17H11F3O2. The highest BCUT2D eigenvalue weighted by molar-refractivity contribution is 5.95. The van der Waals surface area contributed by atoms with Crippen LogP contribution < -0.4 is 5.63 Å². The van der Waals surface area contributed by atoms with E-state index in [0.717, 1.165) is 5.56 Å². The fraction of sp³-hybridized carbons (Fsp3) is 0.118. The molecule has 0 radical (unpaired) electrons. The molecule has 22 heavy (non-hydrogen) atoms. The van der Waals surface area contributed by atoms with Crippen molar-refractivity contribution >= 4 is 11.0 Å². The molecule has 0 atom stereocenters. The SMILES string of the molecule is Cc1ccc2c(-c3ccccc3)c(C(F)(F)F)c(=O)oc2c1. The molecule has 0 N–H and O–H groups in total. The van der Waals surface area contributed by atoms with Gasteiger partial charge in [0.2, 0.25) is 0 Å². The van der Waals surface area contributed by atoms with Crippen LogP contribution in [0.1, 0.15) is 11.1 Å². The minimum Gasteiger partial charge on any atom is -0.422 e. The molecule has 0 aliphatic rings. The lowest BCUT2D eigenvalue weighted by Crippen LogP contribution is -2.20. The van der Waals surface area contributed by atoms with E-state index in [4.69, 9.17) is 4.42 Å². The van der Waals surface area contributed by atoms with Crippen molar-refractivity contribution in [2.45, 2.75) is 13.1 Å². The monoisotopic (exact) mass is 304 g/mol. The second kappa shape index (κ2) is 5.02. The summed E-state index contributed by atoms with van der Waals surface area (Å²) in [6.07, 6.45) is -4.79. The zero-order valence-corrected chi connectivity index (χ0v) is 11.6. The summed E-state index contributed by atoms with van der Waals surface area (Å²) in [7, 11) is 0. The fourth-order valence-corrected chi connectivity index (χ4v) is 2.47. The van der Waals surface area contributed by atoms with Crippen LogP contribution in [-0.4, -0.2) is 0 Å². The Bertz CT molecular complexity index is 893. The summed E-state index contributed by atoms with van der Waals surface area (Å²) in [6, 6.07) is 12.8. The van der Waals surface area contributed by atoms with Crippen molar-refractivity contribution in [3.05, 3.63) is 70.1 Å². The fourth-order valence-electron chi connectivity index (χ4n) is 2.47. The van der Waals surface area contributed by atoms with Gasteiger partial charge < -0.3 is 4.42 Å². The Labute approximate surface area is 123 Å².